The van der Waals surface area contributed by atoms with E-state index in [1.165, 1.54) is 25.1 Å². The van der Waals surface area contributed by atoms with Gasteiger partial charge < -0.3 is 5.32 Å². The van der Waals surface area contributed by atoms with Crippen LogP contribution in [0.2, 0.25) is 0 Å². The second-order valence-electron chi connectivity index (χ2n) is 4.97. The lowest BCUT2D eigenvalue weighted by atomic mass is 10.1. The second kappa shape index (κ2) is 7.32. The molecule has 0 unspecified atom stereocenters. The van der Waals surface area contributed by atoms with Crippen molar-refractivity contribution < 1.29 is 14.1 Å². The fourth-order valence-electron chi connectivity index (χ4n) is 2.09. The van der Waals surface area contributed by atoms with Crippen molar-refractivity contribution in [3.05, 3.63) is 67.9 Å². The van der Waals surface area contributed by atoms with Crippen LogP contribution in [-0.4, -0.2) is 17.3 Å². The van der Waals surface area contributed by atoms with Crippen LogP contribution in [0.3, 0.4) is 0 Å². The first-order chi connectivity index (χ1) is 10.9. The van der Waals surface area contributed by atoms with Crippen LogP contribution < -0.4 is 5.32 Å². The number of nitro benzene ring substituents is 1. The zero-order chi connectivity index (χ0) is 17.0. The normalized spacial score (nSPS) is 10.4. The van der Waals surface area contributed by atoms with Gasteiger partial charge in [0.15, 0.2) is 5.78 Å². The summed E-state index contributed by atoms with van der Waals surface area (Å²) < 4.78 is 13.5. The number of benzene rings is 2. The maximum atomic E-state index is 13.2. The molecule has 0 atom stereocenters. The average molecular weight is 381 g/mol. The summed E-state index contributed by atoms with van der Waals surface area (Å²) in [5.41, 5.74) is 1.40. The molecule has 0 aliphatic carbocycles. The van der Waals surface area contributed by atoms with E-state index in [9.17, 15) is 19.3 Å². The Balaban J connectivity index is 2.09. The third-order valence-electron chi connectivity index (χ3n) is 3.31. The fourth-order valence-corrected chi connectivity index (χ4v) is 2.51. The molecule has 2 rings (SSSR count). The van der Waals surface area contributed by atoms with Crippen LogP contribution in [0.1, 0.15) is 22.8 Å². The summed E-state index contributed by atoms with van der Waals surface area (Å²) in [6.45, 7) is 1.80. The van der Waals surface area contributed by atoms with Crippen LogP contribution in [-0.2, 0) is 6.42 Å². The molecule has 5 nitrogen and oxygen atoms in total. The smallest absolute Gasteiger partial charge is 0.293 e. The standard InChI is InChI=1S/C16H14BrFN2O3/c1-10(21)12-3-5-15(16(9-12)20(22)23)19-7-6-11-2-4-14(18)13(17)8-11/h2-5,8-9,19H,6-7H2,1H3. The minimum atomic E-state index is -0.525. The number of halogens is 2. The Labute approximate surface area is 140 Å². The number of hydrogen-bond acceptors (Lipinski definition) is 4. The van der Waals surface area contributed by atoms with Gasteiger partial charge in [-0.15, -0.1) is 0 Å². The Morgan fingerprint density at radius 3 is 2.65 bits per heavy atom. The van der Waals surface area contributed by atoms with Crippen LogP contribution >= 0.6 is 15.9 Å². The molecule has 0 aromatic heterocycles. The Kier molecular flexibility index (Phi) is 5.44. The van der Waals surface area contributed by atoms with Crippen molar-refractivity contribution in [3.8, 4) is 0 Å². The number of nitro groups is 1. The Morgan fingerprint density at radius 1 is 1.30 bits per heavy atom. The molecular formula is C16H14BrFN2O3. The second-order valence-corrected chi connectivity index (χ2v) is 5.82. The molecule has 0 amide bonds. The van der Waals surface area contributed by atoms with Gasteiger partial charge in [-0.2, -0.15) is 0 Å². The third-order valence-corrected chi connectivity index (χ3v) is 3.92. The first kappa shape index (κ1) is 17.1. The summed E-state index contributed by atoms with van der Waals surface area (Å²) in [4.78, 5) is 21.9. The van der Waals surface area contributed by atoms with Gasteiger partial charge in [-0.05, 0) is 59.1 Å². The molecule has 0 fully saturated rings. The topological polar surface area (TPSA) is 72.2 Å². The largest absolute Gasteiger partial charge is 0.379 e. The molecule has 0 heterocycles. The molecule has 0 bridgehead atoms. The summed E-state index contributed by atoms with van der Waals surface area (Å²) >= 11 is 3.12. The van der Waals surface area contributed by atoms with E-state index in [2.05, 4.69) is 21.2 Å². The molecule has 2 aromatic carbocycles. The minimum Gasteiger partial charge on any atom is -0.379 e. The van der Waals surface area contributed by atoms with Crippen LogP contribution in [0.4, 0.5) is 15.8 Å². The van der Waals surface area contributed by atoms with Crippen molar-refractivity contribution in [2.45, 2.75) is 13.3 Å². The van der Waals surface area contributed by atoms with Gasteiger partial charge in [0.2, 0.25) is 0 Å². The zero-order valence-corrected chi connectivity index (χ0v) is 13.9. The van der Waals surface area contributed by atoms with Crippen LogP contribution in [0.25, 0.3) is 0 Å². The predicted molar refractivity (Wildman–Crippen MR) is 89.4 cm³/mol. The lowest BCUT2D eigenvalue weighted by Crippen LogP contribution is -2.08. The highest BCUT2D eigenvalue weighted by atomic mass is 79.9. The van der Waals surface area contributed by atoms with E-state index in [0.717, 1.165) is 5.56 Å². The number of nitrogens with zero attached hydrogens (tertiary/aromatic N) is 1. The predicted octanol–water partition coefficient (Wildman–Crippen LogP) is 4.35. The molecule has 23 heavy (non-hydrogen) atoms. The highest BCUT2D eigenvalue weighted by Crippen LogP contribution is 2.26. The quantitative estimate of drug-likeness (QED) is 0.459. The number of carbonyl (C=O) groups is 1. The van der Waals surface area contributed by atoms with E-state index in [4.69, 9.17) is 0 Å². The minimum absolute atomic E-state index is 0.141. The van der Waals surface area contributed by atoms with E-state index in [-0.39, 0.29) is 17.3 Å². The van der Waals surface area contributed by atoms with Crippen molar-refractivity contribution in [1.29, 1.82) is 0 Å². The molecule has 120 valence electrons. The number of ketones is 1. The number of nitrogens with one attached hydrogen (secondary N) is 1. The zero-order valence-electron chi connectivity index (χ0n) is 12.3. The fraction of sp³-hybridized carbons (Fsp3) is 0.188. The van der Waals surface area contributed by atoms with E-state index in [0.29, 0.717) is 28.7 Å². The van der Waals surface area contributed by atoms with Gasteiger partial charge in [-0.3, -0.25) is 14.9 Å². The first-order valence-electron chi connectivity index (χ1n) is 6.85. The molecule has 0 aliphatic rings. The maximum Gasteiger partial charge on any atom is 0.293 e. The molecular weight excluding hydrogens is 367 g/mol. The van der Waals surface area contributed by atoms with Crippen molar-refractivity contribution in [3.63, 3.8) is 0 Å². The summed E-state index contributed by atoms with van der Waals surface area (Å²) in [7, 11) is 0. The molecule has 0 saturated carbocycles. The highest BCUT2D eigenvalue weighted by molar-refractivity contribution is 9.10. The van der Waals surface area contributed by atoms with E-state index in [1.54, 1.807) is 18.2 Å². The number of carbonyl (C=O) groups excluding carboxylic acids is 1. The van der Waals surface area contributed by atoms with Crippen molar-refractivity contribution in [1.82, 2.24) is 0 Å². The van der Waals surface area contributed by atoms with Gasteiger partial charge in [0, 0.05) is 18.2 Å². The Morgan fingerprint density at radius 2 is 2.04 bits per heavy atom. The summed E-state index contributed by atoms with van der Waals surface area (Å²) in [5, 5.41) is 14.1. The van der Waals surface area contributed by atoms with E-state index in [1.807, 2.05) is 0 Å². The maximum absolute atomic E-state index is 13.2. The number of anilines is 1. The summed E-state index contributed by atoms with van der Waals surface area (Å²) in [5.74, 6) is -0.562. The summed E-state index contributed by atoms with van der Waals surface area (Å²) in [6, 6.07) is 9.03. The van der Waals surface area contributed by atoms with Gasteiger partial charge in [0.25, 0.3) is 5.69 Å². The van der Waals surface area contributed by atoms with Crippen LogP contribution in [0, 0.1) is 15.9 Å². The Hall–Kier alpha value is -2.28. The lowest BCUT2D eigenvalue weighted by molar-refractivity contribution is -0.384. The van der Waals surface area contributed by atoms with Crippen molar-refractivity contribution >= 4 is 33.1 Å². The first-order valence-corrected chi connectivity index (χ1v) is 7.65. The highest BCUT2D eigenvalue weighted by Gasteiger charge is 2.15. The van der Waals surface area contributed by atoms with Crippen LogP contribution in [0.15, 0.2) is 40.9 Å². The number of hydrogen-bond donors (Lipinski definition) is 1. The van der Waals surface area contributed by atoms with Crippen molar-refractivity contribution in [2.75, 3.05) is 11.9 Å². The van der Waals surface area contributed by atoms with Crippen molar-refractivity contribution in [2.24, 2.45) is 0 Å². The molecule has 0 radical (unpaired) electrons. The molecule has 2 aromatic rings. The van der Waals surface area contributed by atoms with E-state index < -0.39 is 4.92 Å². The van der Waals surface area contributed by atoms with Gasteiger partial charge >= 0.3 is 0 Å². The van der Waals surface area contributed by atoms with Gasteiger partial charge in [0.1, 0.15) is 11.5 Å². The lowest BCUT2D eigenvalue weighted by Gasteiger charge is -2.08. The molecule has 0 saturated heterocycles. The number of rotatable bonds is 6. The number of Topliss-reactive ketones (excluding diaryl/α,β-unsaturated/α-hetero) is 1. The SMILES string of the molecule is CC(=O)c1ccc(NCCc2ccc(F)c(Br)c2)c([N+](=O)[O-])c1. The summed E-state index contributed by atoms with van der Waals surface area (Å²) in [6.07, 6.45) is 0.574. The third kappa shape index (κ3) is 4.35. The average Bonchev–Trinajstić information content (AvgIpc) is 2.50. The Bertz CT molecular complexity index is 765. The van der Waals surface area contributed by atoms with Gasteiger partial charge in [-0.1, -0.05) is 6.07 Å². The van der Waals surface area contributed by atoms with Gasteiger partial charge in [0.05, 0.1) is 9.40 Å². The monoisotopic (exact) mass is 380 g/mol. The molecule has 0 aliphatic heterocycles. The van der Waals surface area contributed by atoms with E-state index >= 15 is 0 Å². The molecule has 1 N–H and O–H groups in total. The molecule has 0 spiro atoms. The van der Waals surface area contributed by atoms with Crippen LogP contribution in [0.5, 0.6) is 0 Å². The molecule has 7 heteroatoms. The van der Waals surface area contributed by atoms with Gasteiger partial charge in [-0.25, -0.2) is 4.39 Å².